The van der Waals surface area contributed by atoms with Crippen molar-refractivity contribution in [3.8, 4) is 11.5 Å². The van der Waals surface area contributed by atoms with Gasteiger partial charge in [0.25, 0.3) is 0 Å². The second-order valence-corrected chi connectivity index (χ2v) is 5.40. The molecule has 0 saturated heterocycles. The SMILES string of the molecule is COc1ccc(/C=C/c2c(C)c3ccc(OC)cc3oc2=O)cc1. The lowest BCUT2D eigenvalue weighted by Crippen LogP contribution is -2.06. The fraction of sp³-hybridized carbons (Fsp3) is 0.150. The van der Waals surface area contributed by atoms with E-state index >= 15 is 0 Å². The molecule has 0 aliphatic carbocycles. The third-order valence-corrected chi connectivity index (χ3v) is 3.98. The van der Waals surface area contributed by atoms with Gasteiger partial charge in [-0.25, -0.2) is 4.79 Å². The summed E-state index contributed by atoms with van der Waals surface area (Å²) in [6.07, 6.45) is 3.67. The van der Waals surface area contributed by atoms with Crippen molar-refractivity contribution in [3.05, 3.63) is 69.6 Å². The molecule has 0 spiro atoms. The third-order valence-electron chi connectivity index (χ3n) is 3.98. The summed E-state index contributed by atoms with van der Waals surface area (Å²) in [7, 11) is 3.21. The van der Waals surface area contributed by atoms with Crippen LogP contribution in [-0.2, 0) is 0 Å². The summed E-state index contributed by atoms with van der Waals surface area (Å²) in [5, 5.41) is 0.893. The topological polar surface area (TPSA) is 48.7 Å². The molecule has 0 fully saturated rings. The average molecular weight is 322 g/mol. The predicted molar refractivity (Wildman–Crippen MR) is 95.7 cm³/mol. The molecule has 0 aliphatic rings. The van der Waals surface area contributed by atoms with Gasteiger partial charge in [0.05, 0.1) is 19.8 Å². The number of benzene rings is 2. The largest absolute Gasteiger partial charge is 0.497 e. The maximum atomic E-state index is 12.3. The van der Waals surface area contributed by atoms with Crippen LogP contribution in [0.4, 0.5) is 0 Å². The first-order valence-electron chi connectivity index (χ1n) is 7.56. The predicted octanol–water partition coefficient (Wildman–Crippen LogP) is 4.29. The van der Waals surface area contributed by atoms with Gasteiger partial charge in [-0.15, -0.1) is 0 Å². The van der Waals surface area contributed by atoms with Gasteiger partial charge in [-0.3, -0.25) is 0 Å². The van der Waals surface area contributed by atoms with Crippen LogP contribution >= 0.6 is 0 Å². The van der Waals surface area contributed by atoms with Crippen LogP contribution in [0, 0.1) is 6.92 Å². The molecule has 0 N–H and O–H groups in total. The fourth-order valence-electron chi connectivity index (χ4n) is 2.56. The van der Waals surface area contributed by atoms with E-state index in [-0.39, 0.29) is 5.63 Å². The molecule has 122 valence electrons. The summed E-state index contributed by atoms with van der Waals surface area (Å²) in [6, 6.07) is 13.1. The highest BCUT2D eigenvalue weighted by Crippen LogP contribution is 2.25. The Morgan fingerprint density at radius 3 is 2.25 bits per heavy atom. The first-order valence-corrected chi connectivity index (χ1v) is 7.56. The van der Waals surface area contributed by atoms with Gasteiger partial charge in [0.1, 0.15) is 17.1 Å². The minimum Gasteiger partial charge on any atom is -0.497 e. The maximum Gasteiger partial charge on any atom is 0.343 e. The summed E-state index contributed by atoms with van der Waals surface area (Å²) < 4.78 is 15.7. The van der Waals surface area contributed by atoms with Crippen LogP contribution in [0.3, 0.4) is 0 Å². The lowest BCUT2D eigenvalue weighted by atomic mass is 10.0. The van der Waals surface area contributed by atoms with Gasteiger partial charge in [-0.05, 0) is 48.4 Å². The van der Waals surface area contributed by atoms with Crippen molar-refractivity contribution in [1.82, 2.24) is 0 Å². The molecule has 3 rings (SSSR count). The standard InChI is InChI=1S/C20H18O4/c1-13-17-11-9-16(23-3)12-19(17)24-20(21)18(13)10-6-14-4-7-15(22-2)8-5-14/h4-12H,1-3H3/b10-6+. The van der Waals surface area contributed by atoms with E-state index in [1.807, 2.05) is 49.4 Å². The second-order valence-electron chi connectivity index (χ2n) is 5.40. The molecule has 0 saturated carbocycles. The first-order chi connectivity index (χ1) is 11.6. The molecule has 24 heavy (non-hydrogen) atoms. The second kappa shape index (κ2) is 6.62. The van der Waals surface area contributed by atoms with Gasteiger partial charge in [-0.2, -0.15) is 0 Å². The van der Waals surface area contributed by atoms with Crippen molar-refractivity contribution in [3.63, 3.8) is 0 Å². The Morgan fingerprint density at radius 2 is 1.58 bits per heavy atom. The number of fused-ring (bicyclic) bond motifs is 1. The zero-order valence-corrected chi connectivity index (χ0v) is 13.8. The van der Waals surface area contributed by atoms with Gasteiger partial charge in [0, 0.05) is 11.5 Å². The summed E-state index contributed by atoms with van der Waals surface area (Å²) in [6.45, 7) is 1.92. The molecule has 0 aliphatic heterocycles. The Hall–Kier alpha value is -3.01. The zero-order chi connectivity index (χ0) is 17.1. The van der Waals surface area contributed by atoms with E-state index < -0.39 is 0 Å². The zero-order valence-electron chi connectivity index (χ0n) is 13.8. The van der Waals surface area contributed by atoms with Crippen molar-refractivity contribution in [2.45, 2.75) is 6.92 Å². The molecule has 1 heterocycles. The molecule has 4 heteroatoms. The molecule has 4 nitrogen and oxygen atoms in total. The van der Waals surface area contributed by atoms with Crippen LogP contribution in [0.25, 0.3) is 23.1 Å². The molecular weight excluding hydrogens is 304 g/mol. The Balaban J connectivity index is 2.02. The molecule has 3 aromatic rings. The fourth-order valence-corrected chi connectivity index (χ4v) is 2.56. The van der Waals surface area contributed by atoms with E-state index in [1.54, 1.807) is 26.4 Å². The van der Waals surface area contributed by atoms with Gasteiger partial charge < -0.3 is 13.9 Å². The molecule has 0 atom stereocenters. The summed E-state index contributed by atoms with van der Waals surface area (Å²) in [5.41, 5.74) is 2.57. The number of methoxy groups -OCH3 is 2. The molecular formula is C20H18O4. The third kappa shape index (κ3) is 3.04. The van der Waals surface area contributed by atoms with E-state index in [4.69, 9.17) is 13.9 Å². The minimum absolute atomic E-state index is 0.363. The van der Waals surface area contributed by atoms with Crippen LogP contribution < -0.4 is 15.1 Å². The molecule has 0 amide bonds. The van der Waals surface area contributed by atoms with E-state index in [9.17, 15) is 4.79 Å². The van der Waals surface area contributed by atoms with Crippen molar-refractivity contribution in [2.75, 3.05) is 14.2 Å². The van der Waals surface area contributed by atoms with Crippen LogP contribution in [0.5, 0.6) is 11.5 Å². The quantitative estimate of drug-likeness (QED) is 0.672. The monoisotopic (exact) mass is 322 g/mol. The molecule has 2 aromatic carbocycles. The van der Waals surface area contributed by atoms with Gasteiger partial charge in [0.15, 0.2) is 0 Å². The summed E-state index contributed by atoms with van der Waals surface area (Å²) in [4.78, 5) is 12.3. The van der Waals surface area contributed by atoms with Crippen LogP contribution in [-0.4, -0.2) is 14.2 Å². The summed E-state index contributed by atoms with van der Waals surface area (Å²) >= 11 is 0. The van der Waals surface area contributed by atoms with Crippen LogP contribution in [0.2, 0.25) is 0 Å². The number of aryl methyl sites for hydroxylation is 1. The molecule has 0 unspecified atom stereocenters. The van der Waals surface area contributed by atoms with Crippen molar-refractivity contribution in [1.29, 1.82) is 0 Å². The average Bonchev–Trinajstić information content (AvgIpc) is 2.61. The van der Waals surface area contributed by atoms with Gasteiger partial charge in [0.2, 0.25) is 0 Å². The van der Waals surface area contributed by atoms with Crippen molar-refractivity contribution < 1.29 is 13.9 Å². The number of hydrogen-bond acceptors (Lipinski definition) is 4. The Bertz CT molecular complexity index is 950. The summed E-state index contributed by atoms with van der Waals surface area (Å²) in [5.74, 6) is 1.45. The lowest BCUT2D eigenvalue weighted by molar-refractivity contribution is 0.414. The van der Waals surface area contributed by atoms with E-state index in [1.165, 1.54) is 0 Å². The van der Waals surface area contributed by atoms with Crippen molar-refractivity contribution >= 4 is 23.1 Å². The first kappa shape index (κ1) is 15.9. The van der Waals surface area contributed by atoms with Crippen molar-refractivity contribution in [2.24, 2.45) is 0 Å². The normalized spacial score (nSPS) is 11.1. The number of ether oxygens (including phenoxy) is 2. The minimum atomic E-state index is -0.363. The van der Waals surface area contributed by atoms with Gasteiger partial charge >= 0.3 is 5.63 Å². The Kier molecular flexibility index (Phi) is 4.38. The van der Waals surface area contributed by atoms with E-state index in [0.717, 1.165) is 22.3 Å². The highest BCUT2D eigenvalue weighted by molar-refractivity contribution is 5.85. The molecule has 0 radical (unpaired) electrons. The van der Waals surface area contributed by atoms with E-state index in [2.05, 4.69) is 0 Å². The highest BCUT2D eigenvalue weighted by Gasteiger charge is 2.09. The van der Waals surface area contributed by atoms with Crippen LogP contribution in [0.15, 0.2) is 51.7 Å². The van der Waals surface area contributed by atoms with Gasteiger partial charge in [-0.1, -0.05) is 18.2 Å². The number of rotatable bonds is 4. The Labute approximate surface area is 139 Å². The van der Waals surface area contributed by atoms with Crippen LogP contribution in [0.1, 0.15) is 16.7 Å². The maximum absolute atomic E-state index is 12.3. The smallest absolute Gasteiger partial charge is 0.343 e. The highest BCUT2D eigenvalue weighted by atomic mass is 16.5. The van der Waals surface area contributed by atoms with E-state index in [0.29, 0.717) is 16.9 Å². The lowest BCUT2D eigenvalue weighted by Gasteiger charge is -2.06. The Morgan fingerprint density at radius 1 is 0.917 bits per heavy atom. The molecule has 1 aromatic heterocycles. The molecule has 0 bridgehead atoms. The number of hydrogen-bond donors (Lipinski definition) is 0.